The Bertz CT molecular complexity index is 1060. The fourth-order valence-corrected chi connectivity index (χ4v) is 4.57. The standard InChI is InChI=1S/C23H25N3O4S/c1-28-19-9-5-4-8-18(19)25-11-13-26(14-12-25)23(27)17-15-31-22(24-17)16-7-6-10-20(29-2)21(16)30-3/h4-10,15H,11-14H2,1-3H3. The Labute approximate surface area is 185 Å². The molecule has 1 aliphatic rings. The lowest BCUT2D eigenvalue weighted by atomic mass is 10.2. The predicted octanol–water partition coefficient (Wildman–Crippen LogP) is 3.80. The van der Waals surface area contributed by atoms with E-state index in [2.05, 4.69) is 9.88 Å². The van der Waals surface area contributed by atoms with Crippen molar-refractivity contribution in [3.8, 4) is 27.8 Å². The summed E-state index contributed by atoms with van der Waals surface area (Å²) in [6.45, 7) is 2.75. The summed E-state index contributed by atoms with van der Waals surface area (Å²) in [5, 5.41) is 2.54. The number of hydrogen-bond acceptors (Lipinski definition) is 7. The molecule has 8 heteroatoms. The summed E-state index contributed by atoms with van der Waals surface area (Å²) < 4.78 is 16.4. The summed E-state index contributed by atoms with van der Waals surface area (Å²) in [6, 6.07) is 13.6. The van der Waals surface area contributed by atoms with Crippen LogP contribution in [-0.2, 0) is 0 Å². The zero-order valence-electron chi connectivity index (χ0n) is 17.8. The lowest BCUT2D eigenvalue weighted by molar-refractivity contribution is 0.0741. The van der Waals surface area contributed by atoms with Crippen LogP contribution < -0.4 is 19.1 Å². The SMILES string of the molecule is COc1ccccc1N1CCN(C(=O)c2csc(-c3cccc(OC)c3OC)n2)CC1. The fourth-order valence-electron chi connectivity index (χ4n) is 3.75. The summed E-state index contributed by atoms with van der Waals surface area (Å²) in [6.07, 6.45) is 0. The van der Waals surface area contributed by atoms with Gasteiger partial charge in [-0.05, 0) is 24.3 Å². The molecule has 1 saturated heterocycles. The number of piperazine rings is 1. The highest BCUT2D eigenvalue weighted by atomic mass is 32.1. The molecule has 3 aromatic rings. The van der Waals surface area contributed by atoms with E-state index in [-0.39, 0.29) is 5.91 Å². The maximum atomic E-state index is 13.1. The smallest absolute Gasteiger partial charge is 0.273 e. The number of anilines is 1. The molecule has 1 aromatic heterocycles. The van der Waals surface area contributed by atoms with E-state index in [9.17, 15) is 4.79 Å². The quantitative estimate of drug-likeness (QED) is 0.582. The topological polar surface area (TPSA) is 64.1 Å². The second kappa shape index (κ2) is 9.26. The third-order valence-electron chi connectivity index (χ3n) is 5.35. The highest BCUT2D eigenvalue weighted by Crippen LogP contribution is 2.39. The maximum Gasteiger partial charge on any atom is 0.273 e. The van der Waals surface area contributed by atoms with Gasteiger partial charge in [-0.1, -0.05) is 18.2 Å². The molecule has 0 radical (unpaired) electrons. The van der Waals surface area contributed by atoms with E-state index in [1.807, 2.05) is 52.7 Å². The number of ether oxygens (including phenoxy) is 3. The molecule has 0 bridgehead atoms. The zero-order chi connectivity index (χ0) is 21.8. The van der Waals surface area contributed by atoms with Crippen molar-refractivity contribution in [3.63, 3.8) is 0 Å². The monoisotopic (exact) mass is 439 g/mol. The van der Waals surface area contributed by atoms with Crippen LogP contribution in [-0.4, -0.2) is 63.3 Å². The Morgan fingerprint density at radius 2 is 1.61 bits per heavy atom. The summed E-state index contributed by atoms with van der Waals surface area (Å²) in [5.41, 5.74) is 2.32. The van der Waals surface area contributed by atoms with Crippen molar-refractivity contribution in [1.29, 1.82) is 0 Å². The van der Waals surface area contributed by atoms with E-state index in [4.69, 9.17) is 14.2 Å². The van der Waals surface area contributed by atoms with Crippen molar-refractivity contribution in [2.24, 2.45) is 0 Å². The second-order valence-electron chi connectivity index (χ2n) is 7.03. The highest BCUT2D eigenvalue weighted by Gasteiger charge is 2.26. The first-order valence-corrected chi connectivity index (χ1v) is 10.9. The van der Waals surface area contributed by atoms with Gasteiger partial charge in [0, 0.05) is 31.6 Å². The van der Waals surface area contributed by atoms with Gasteiger partial charge < -0.3 is 24.0 Å². The van der Waals surface area contributed by atoms with Crippen molar-refractivity contribution >= 4 is 22.9 Å². The maximum absolute atomic E-state index is 13.1. The molecule has 0 spiro atoms. The third-order valence-corrected chi connectivity index (χ3v) is 6.22. The number of para-hydroxylation sites is 3. The Hall–Kier alpha value is -3.26. The van der Waals surface area contributed by atoms with E-state index in [0.717, 1.165) is 35.1 Å². The first kappa shape index (κ1) is 21.0. The van der Waals surface area contributed by atoms with Gasteiger partial charge in [0.15, 0.2) is 11.5 Å². The lowest BCUT2D eigenvalue weighted by Crippen LogP contribution is -2.49. The average molecular weight is 440 g/mol. The van der Waals surface area contributed by atoms with Crippen LogP contribution in [0.3, 0.4) is 0 Å². The van der Waals surface area contributed by atoms with E-state index in [0.29, 0.717) is 30.3 Å². The lowest BCUT2D eigenvalue weighted by Gasteiger charge is -2.36. The van der Waals surface area contributed by atoms with E-state index in [1.165, 1.54) is 11.3 Å². The first-order chi connectivity index (χ1) is 15.2. The number of benzene rings is 2. The van der Waals surface area contributed by atoms with Gasteiger partial charge in [-0.3, -0.25) is 4.79 Å². The number of methoxy groups -OCH3 is 3. The summed E-state index contributed by atoms with van der Waals surface area (Å²) in [7, 11) is 4.88. The molecule has 0 aliphatic carbocycles. The Morgan fingerprint density at radius 3 is 2.32 bits per heavy atom. The van der Waals surface area contributed by atoms with Gasteiger partial charge in [-0.15, -0.1) is 11.3 Å². The van der Waals surface area contributed by atoms with Gasteiger partial charge >= 0.3 is 0 Å². The number of carbonyl (C=O) groups is 1. The summed E-state index contributed by atoms with van der Waals surface area (Å²) in [4.78, 5) is 21.8. The van der Waals surface area contributed by atoms with E-state index >= 15 is 0 Å². The summed E-state index contributed by atoms with van der Waals surface area (Å²) >= 11 is 1.42. The Kier molecular flexibility index (Phi) is 6.27. The van der Waals surface area contributed by atoms with Crippen LogP contribution in [0.5, 0.6) is 17.2 Å². The molecule has 162 valence electrons. The van der Waals surface area contributed by atoms with Crippen molar-refractivity contribution in [3.05, 3.63) is 53.5 Å². The van der Waals surface area contributed by atoms with Gasteiger partial charge in [0.2, 0.25) is 0 Å². The van der Waals surface area contributed by atoms with Crippen molar-refractivity contribution in [2.45, 2.75) is 0 Å². The van der Waals surface area contributed by atoms with Crippen LogP contribution in [0.15, 0.2) is 47.8 Å². The van der Waals surface area contributed by atoms with Gasteiger partial charge in [0.05, 0.1) is 32.6 Å². The van der Waals surface area contributed by atoms with Crippen molar-refractivity contribution in [1.82, 2.24) is 9.88 Å². The van der Waals surface area contributed by atoms with Crippen LogP contribution in [0.2, 0.25) is 0 Å². The van der Waals surface area contributed by atoms with Crippen LogP contribution in [0, 0.1) is 0 Å². The van der Waals surface area contributed by atoms with Gasteiger partial charge in [-0.2, -0.15) is 0 Å². The van der Waals surface area contributed by atoms with Gasteiger partial charge in [0.25, 0.3) is 5.91 Å². The van der Waals surface area contributed by atoms with Crippen molar-refractivity contribution < 1.29 is 19.0 Å². The molecule has 7 nitrogen and oxygen atoms in total. The van der Waals surface area contributed by atoms with E-state index in [1.54, 1.807) is 21.3 Å². The van der Waals surface area contributed by atoms with Crippen LogP contribution in [0.1, 0.15) is 10.5 Å². The molecule has 1 fully saturated rings. The molecule has 1 amide bonds. The predicted molar refractivity (Wildman–Crippen MR) is 122 cm³/mol. The molecule has 0 atom stereocenters. The molecule has 0 unspecified atom stereocenters. The number of nitrogens with zero attached hydrogens (tertiary/aromatic N) is 3. The number of amides is 1. The second-order valence-corrected chi connectivity index (χ2v) is 7.89. The number of rotatable bonds is 6. The van der Waals surface area contributed by atoms with Crippen LogP contribution in [0.4, 0.5) is 5.69 Å². The average Bonchev–Trinajstić information content (AvgIpc) is 3.33. The molecule has 0 saturated carbocycles. The Morgan fingerprint density at radius 1 is 0.903 bits per heavy atom. The van der Waals surface area contributed by atoms with Crippen LogP contribution in [0.25, 0.3) is 10.6 Å². The van der Waals surface area contributed by atoms with Crippen LogP contribution >= 0.6 is 11.3 Å². The molecule has 0 N–H and O–H groups in total. The number of aromatic nitrogens is 1. The largest absolute Gasteiger partial charge is 0.495 e. The molecule has 31 heavy (non-hydrogen) atoms. The Balaban J connectivity index is 1.47. The molecular formula is C23H25N3O4S. The zero-order valence-corrected chi connectivity index (χ0v) is 18.6. The summed E-state index contributed by atoms with van der Waals surface area (Å²) in [5.74, 6) is 2.04. The minimum absolute atomic E-state index is 0.0518. The first-order valence-electron chi connectivity index (χ1n) is 10.0. The molecule has 2 heterocycles. The highest BCUT2D eigenvalue weighted by molar-refractivity contribution is 7.13. The number of carbonyl (C=O) groups excluding carboxylic acids is 1. The number of thiazole rings is 1. The third kappa shape index (κ3) is 4.16. The molecular weight excluding hydrogens is 414 g/mol. The fraction of sp³-hybridized carbons (Fsp3) is 0.304. The van der Waals surface area contributed by atoms with Gasteiger partial charge in [-0.25, -0.2) is 4.98 Å². The van der Waals surface area contributed by atoms with E-state index < -0.39 is 0 Å². The normalized spacial score (nSPS) is 13.8. The van der Waals surface area contributed by atoms with Crippen molar-refractivity contribution in [2.75, 3.05) is 52.4 Å². The minimum Gasteiger partial charge on any atom is -0.495 e. The molecule has 1 aliphatic heterocycles. The minimum atomic E-state index is -0.0518. The number of hydrogen-bond donors (Lipinski definition) is 0. The molecule has 2 aromatic carbocycles. The molecule has 4 rings (SSSR count). The van der Waals surface area contributed by atoms with Gasteiger partial charge in [0.1, 0.15) is 16.5 Å².